The third-order valence-corrected chi connectivity index (χ3v) is 2.40. The molecule has 0 amide bonds. The Morgan fingerprint density at radius 2 is 2.13 bits per heavy atom. The van der Waals surface area contributed by atoms with Gasteiger partial charge in [0.2, 0.25) is 0 Å². The maximum atomic E-state index is 5.45. The van der Waals surface area contributed by atoms with E-state index in [4.69, 9.17) is 4.74 Å². The fourth-order valence-corrected chi connectivity index (χ4v) is 1.74. The van der Waals surface area contributed by atoms with Gasteiger partial charge >= 0.3 is 0 Å². The lowest BCUT2D eigenvalue weighted by Crippen LogP contribution is -2.08. The Balaban J connectivity index is 2.54. The van der Waals surface area contributed by atoms with Crippen molar-refractivity contribution in [2.75, 3.05) is 25.6 Å². The lowest BCUT2D eigenvalue weighted by Gasteiger charge is -2.12. The van der Waals surface area contributed by atoms with Crippen molar-refractivity contribution in [3.8, 4) is 5.88 Å². The highest BCUT2D eigenvalue weighted by atomic mass is 16.5. The van der Waals surface area contributed by atoms with Gasteiger partial charge in [-0.25, -0.2) is 0 Å². The highest BCUT2D eigenvalue weighted by Crippen LogP contribution is 2.28. The Hall–Kier alpha value is -1.64. The second-order valence-electron chi connectivity index (χ2n) is 3.70. The minimum Gasteiger partial charge on any atom is -0.479 e. The number of nitrogens with one attached hydrogen (secondary N) is 1. The zero-order valence-electron chi connectivity index (χ0n) is 9.37. The number of hydrogen-bond donors (Lipinski definition) is 1. The molecule has 0 bridgehead atoms. The number of nitrogens with zero attached hydrogens (tertiary/aromatic N) is 1. The van der Waals surface area contributed by atoms with E-state index in [2.05, 4.69) is 22.0 Å². The summed E-state index contributed by atoms with van der Waals surface area (Å²) in [5, 5.41) is 1.20. The fraction of sp³-hybridized carbons (Fsp3) is 0.333. The molecule has 1 aromatic heterocycles. The summed E-state index contributed by atoms with van der Waals surface area (Å²) in [5.74, 6) is 0.835. The molecule has 0 aliphatic rings. The van der Waals surface area contributed by atoms with Gasteiger partial charge in [-0.05, 0) is 19.1 Å². The van der Waals surface area contributed by atoms with Gasteiger partial charge in [-0.2, -0.15) is 0 Å². The van der Waals surface area contributed by atoms with Gasteiger partial charge in [-0.15, -0.1) is 0 Å². The van der Waals surface area contributed by atoms with Crippen molar-refractivity contribution >= 4 is 16.6 Å². The third-order valence-electron chi connectivity index (χ3n) is 2.40. The van der Waals surface area contributed by atoms with Gasteiger partial charge in [0, 0.05) is 31.2 Å². The van der Waals surface area contributed by atoms with E-state index < -0.39 is 0 Å². The highest BCUT2D eigenvalue weighted by Gasteiger charge is 2.06. The molecule has 80 valence electrons. The molecule has 0 fully saturated rings. The van der Waals surface area contributed by atoms with Crippen LogP contribution in [0.2, 0.25) is 0 Å². The summed E-state index contributed by atoms with van der Waals surface area (Å²) in [6, 6.07) is 8.26. The van der Waals surface area contributed by atoms with E-state index in [0.717, 1.165) is 11.4 Å². The summed E-state index contributed by atoms with van der Waals surface area (Å²) < 4.78 is 5.45. The van der Waals surface area contributed by atoms with Crippen LogP contribution in [-0.2, 0) is 0 Å². The molecule has 0 spiro atoms. The van der Waals surface area contributed by atoms with Crippen molar-refractivity contribution in [2.24, 2.45) is 0 Å². The molecule has 15 heavy (non-hydrogen) atoms. The molecule has 0 aliphatic heterocycles. The standard InChI is InChI=1S/C12H16N2O/c1-4-15-12-8-9-10(13-12)6-5-7-11(9)14(2)3/h5-8,13H,4H2,1-3H3. The molecule has 3 heteroatoms. The van der Waals surface area contributed by atoms with E-state index in [0.29, 0.717) is 6.61 Å². The smallest absolute Gasteiger partial charge is 0.191 e. The van der Waals surface area contributed by atoms with Crippen molar-refractivity contribution in [3.63, 3.8) is 0 Å². The number of fused-ring (bicyclic) bond motifs is 1. The van der Waals surface area contributed by atoms with Crippen molar-refractivity contribution in [1.29, 1.82) is 0 Å². The molecular weight excluding hydrogens is 188 g/mol. The molecule has 0 unspecified atom stereocenters. The monoisotopic (exact) mass is 204 g/mol. The molecule has 1 heterocycles. The molecule has 1 N–H and O–H groups in total. The van der Waals surface area contributed by atoms with Crippen LogP contribution < -0.4 is 9.64 Å². The summed E-state index contributed by atoms with van der Waals surface area (Å²) in [6.45, 7) is 2.67. The second kappa shape index (κ2) is 3.85. The number of aromatic amines is 1. The van der Waals surface area contributed by atoms with E-state index >= 15 is 0 Å². The van der Waals surface area contributed by atoms with Gasteiger partial charge in [-0.3, -0.25) is 0 Å². The first kappa shape index (κ1) is 9.90. The predicted molar refractivity (Wildman–Crippen MR) is 63.8 cm³/mol. The first-order valence-corrected chi connectivity index (χ1v) is 5.14. The minimum atomic E-state index is 0.685. The Bertz CT molecular complexity index is 460. The summed E-state index contributed by atoms with van der Waals surface area (Å²) in [7, 11) is 4.09. The number of benzene rings is 1. The molecule has 0 atom stereocenters. The van der Waals surface area contributed by atoms with Gasteiger partial charge in [0.25, 0.3) is 0 Å². The average molecular weight is 204 g/mol. The summed E-state index contributed by atoms with van der Waals surface area (Å²) in [4.78, 5) is 5.35. The van der Waals surface area contributed by atoms with E-state index in [1.54, 1.807) is 0 Å². The van der Waals surface area contributed by atoms with Gasteiger partial charge in [0.05, 0.1) is 12.1 Å². The molecular formula is C12H16N2O. The first-order valence-electron chi connectivity index (χ1n) is 5.14. The second-order valence-corrected chi connectivity index (χ2v) is 3.70. The van der Waals surface area contributed by atoms with Crippen LogP contribution in [0.1, 0.15) is 6.92 Å². The maximum absolute atomic E-state index is 5.45. The van der Waals surface area contributed by atoms with Gasteiger partial charge in [0.15, 0.2) is 5.88 Å². The van der Waals surface area contributed by atoms with Crippen LogP contribution in [0.3, 0.4) is 0 Å². The molecule has 0 saturated carbocycles. The van der Waals surface area contributed by atoms with Crippen molar-refractivity contribution < 1.29 is 4.74 Å². The number of rotatable bonds is 3. The topological polar surface area (TPSA) is 28.3 Å². The van der Waals surface area contributed by atoms with Crippen molar-refractivity contribution in [1.82, 2.24) is 4.98 Å². The van der Waals surface area contributed by atoms with Crippen molar-refractivity contribution in [2.45, 2.75) is 6.92 Å². The summed E-state index contributed by atoms with van der Waals surface area (Å²) >= 11 is 0. The van der Waals surface area contributed by atoms with Gasteiger partial charge in [-0.1, -0.05) is 6.07 Å². The quantitative estimate of drug-likeness (QED) is 0.832. The largest absolute Gasteiger partial charge is 0.479 e. The number of H-pyrrole nitrogens is 1. The Kier molecular flexibility index (Phi) is 2.54. The fourth-order valence-electron chi connectivity index (χ4n) is 1.74. The number of aromatic nitrogens is 1. The first-order chi connectivity index (χ1) is 7.22. The van der Waals surface area contributed by atoms with Crippen LogP contribution in [0, 0.1) is 0 Å². The highest BCUT2D eigenvalue weighted by molar-refractivity contribution is 5.93. The summed E-state index contributed by atoms with van der Waals surface area (Å²) in [6.07, 6.45) is 0. The van der Waals surface area contributed by atoms with E-state index in [-0.39, 0.29) is 0 Å². The Labute approximate surface area is 89.7 Å². The molecule has 1 aromatic carbocycles. The number of anilines is 1. The minimum absolute atomic E-state index is 0.685. The zero-order chi connectivity index (χ0) is 10.8. The third kappa shape index (κ3) is 1.77. The lowest BCUT2D eigenvalue weighted by atomic mass is 10.2. The Morgan fingerprint density at radius 3 is 2.80 bits per heavy atom. The number of hydrogen-bond acceptors (Lipinski definition) is 2. The molecule has 2 rings (SSSR count). The molecule has 0 radical (unpaired) electrons. The molecule has 0 saturated heterocycles. The normalized spacial score (nSPS) is 10.6. The van der Waals surface area contributed by atoms with E-state index in [1.807, 2.05) is 33.2 Å². The van der Waals surface area contributed by atoms with E-state index in [9.17, 15) is 0 Å². The molecule has 2 aromatic rings. The van der Waals surface area contributed by atoms with Crippen molar-refractivity contribution in [3.05, 3.63) is 24.3 Å². The predicted octanol–water partition coefficient (Wildman–Crippen LogP) is 2.63. The van der Waals surface area contributed by atoms with Crippen LogP contribution in [-0.4, -0.2) is 25.7 Å². The lowest BCUT2D eigenvalue weighted by molar-refractivity contribution is 0.329. The van der Waals surface area contributed by atoms with Crippen LogP contribution in [0.4, 0.5) is 5.69 Å². The summed E-state index contributed by atoms with van der Waals surface area (Å²) in [5.41, 5.74) is 2.32. The van der Waals surface area contributed by atoms with Gasteiger partial charge < -0.3 is 14.6 Å². The molecule has 3 nitrogen and oxygen atoms in total. The number of ether oxygens (including phenoxy) is 1. The van der Waals surface area contributed by atoms with E-state index in [1.165, 1.54) is 11.1 Å². The van der Waals surface area contributed by atoms with Gasteiger partial charge in [0.1, 0.15) is 0 Å². The maximum Gasteiger partial charge on any atom is 0.191 e. The zero-order valence-corrected chi connectivity index (χ0v) is 9.37. The van der Waals surface area contributed by atoms with Crippen LogP contribution in [0.15, 0.2) is 24.3 Å². The van der Waals surface area contributed by atoms with Crippen LogP contribution in [0.5, 0.6) is 5.88 Å². The molecule has 0 aliphatic carbocycles. The SMILES string of the molecule is CCOc1cc2c(N(C)C)cccc2[nH]1. The average Bonchev–Trinajstić information content (AvgIpc) is 2.59. The van der Waals surface area contributed by atoms with Crippen LogP contribution >= 0.6 is 0 Å². The van der Waals surface area contributed by atoms with Crippen LogP contribution in [0.25, 0.3) is 10.9 Å². The Morgan fingerprint density at radius 1 is 1.33 bits per heavy atom.